The van der Waals surface area contributed by atoms with Crippen LogP contribution in [0.2, 0.25) is 0 Å². The quantitative estimate of drug-likeness (QED) is 0.849. The molecule has 1 amide bonds. The van der Waals surface area contributed by atoms with Crippen LogP contribution < -0.4 is 0 Å². The first-order valence-electron chi connectivity index (χ1n) is 8.42. The molecule has 0 radical (unpaired) electrons. The predicted octanol–water partition coefficient (Wildman–Crippen LogP) is 2.42. The van der Waals surface area contributed by atoms with E-state index in [1.165, 1.54) is 12.1 Å². The van der Waals surface area contributed by atoms with Crippen LogP contribution in [-0.2, 0) is 16.1 Å². The van der Waals surface area contributed by atoms with Crippen LogP contribution in [0.5, 0.6) is 0 Å². The summed E-state index contributed by atoms with van der Waals surface area (Å²) in [5.74, 6) is -0.778. The number of rotatable bonds is 3. The van der Waals surface area contributed by atoms with Crippen molar-refractivity contribution in [3.8, 4) is 0 Å². The lowest BCUT2D eigenvalue weighted by Crippen LogP contribution is -2.45. The molecule has 2 aliphatic heterocycles. The Balaban J connectivity index is 1.71. The van der Waals surface area contributed by atoms with Crippen LogP contribution in [0, 0.1) is 17.0 Å². The highest BCUT2D eigenvalue weighted by atomic mass is 19.1. The monoisotopic (exact) mass is 338 g/mol. The van der Waals surface area contributed by atoms with Crippen LogP contribution in [-0.4, -0.2) is 54.6 Å². The van der Waals surface area contributed by atoms with Crippen LogP contribution in [0.15, 0.2) is 18.2 Å². The van der Waals surface area contributed by atoms with Gasteiger partial charge in [0.25, 0.3) is 0 Å². The number of carbonyl (C=O) groups is 1. The van der Waals surface area contributed by atoms with E-state index in [0.29, 0.717) is 25.3 Å². The average Bonchev–Trinajstić information content (AvgIpc) is 2.83. The maximum absolute atomic E-state index is 13.9. The first kappa shape index (κ1) is 17.3. The number of hydrogen-bond acceptors (Lipinski definition) is 3. The molecular formula is C18H24F2N2O2. The van der Waals surface area contributed by atoms with Crippen LogP contribution in [0.25, 0.3) is 0 Å². The molecule has 0 saturated carbocycles. The molecule has 2 aliphatic rings. The van der Waals surface area contributed by atoms with Crippen LogP contribution in [0.4, 0.5) is 8.78 Å². The van der Waals surface area contributed by atoms with E-state index in [-0.39, 0.29) is 29.8 Å². The van der Waals surface area contributed by atoms with E-state index in [1.54, 1.807) is 0 Å². The lowest BCUT2D eigenvalue weighted by atomic mass is 9.87. The molecule has 1 unspecified atom stereocenters. The van der Waals surface area contributed by atoms with Gasteiger partial charge in [-0.3, -0.25) is 9.69 Å². The van der Waals surface area contributed by atoms with Crippen molar-refractivity contribution in [1.29, 1.82) is 0 Å². The Hall–Kier alpha value is -1.53. The number of benzene rings is 1. The molecule has 1 aromatic carbocycles. The second kappa shape index (κ2) is 6.76. The molecule has 2 heterocycles. The summed E-state index contributed by atoms with van der Waals surface area (Å²) in [5.41, 5.74) is 0.249. The number of carbonyl (C=O) groups excluding carboxylic acids is 1. The highest BCUT2D eigenvalue weighted by Gasteiger charge is 2.43. The van der Waals surface area contributed by atoms with Gasteiger partial charge in [-0.15, -0.1) is 0 Å². The first-order valence-corrected chi connectivity index (χ1v) is 8.42. The van der Waals surface area contributed by atoms with Crippen molar-refractivity contribution in [2.75, 3.05) is 32.8 Å². The van der Waals surface area contributed by atoms with Gasteiger partial charge in [0.05, 0.1) is 6.61 Å². The summed E-state index contributed by atoms with van der Waals surface area (Å²) in [6, 6.07) is 3.69. The smallest absolute Gasteiger partial charge is 0.248 e. The van der Waals surface area contributed by atoms with Crippen molar-refractivity contribution < 1.29 is 18.3 Å². The highest BCUT2D eigenvalue weighted by molar-refractivity contribution is 5.78. The van der Waals surface area contributed by atoms with Crippen molar-refractivity contribution >= 4 is 5.91 Å². The molecule has 2 saturated heterocycles. The average molecular weight is 338 g/mol. The zero-order valence-electron chi connectivity index (χ0n) is 14.2. The minimum atomic E-state index is -0.422. The topological polar surface area (TPSA) is 32.8 Å². The standard InChI is InChI=1S/C18H24F2N2O2/c1-13(2)22-11-18(12-24-9-17(22)23)5-6-21(10-18)8-14-7-15(19)3-4-16(14)20/h3-4,7,13H,5-6,8-12H2,1-2H3. The summed E-state index contributed by atoms with van der Waals surface area (Å²) >= 11 is 0. The second-order valence-electron chi connectivity index (χ2n) is 7.30. The highest BCUT2D eigenvalue weighted by Crippen LogP contribution is 2.35. The number of ether oxygens (including phenoxy) is 1. The Morgan fingerprint density at radius 2 is 2.08 bits per heavy atom. The summed E-state index contributed by atoms with van der Waals surface area (Å²) in [7, 11) is 0. The first-order chi connectivity index (χ1) is 11.4. The van der Waals surface area contributed by atoms with Crippen molar-refractivity contribution in [3.05, 3.63) is 35.4 Å². The molecule has 6 heteroatoms. The molecule has 1 aromatic rings. The van der Waals surface area contributed by atoms with Crippen molar-refractivity contribution in [3.63, 3.8) is 0 Å². The van der Waals surface area contributed by atoms with Gasteiger partial charge >= 0.3 is 0 Å². The number of halogens is 2. The molecule has 1 atom stereocenters. The van der Waals surface area contributed by atoms with Gasteiger partial charge in [0, 0.05) is 36.7 Å². The van der Waals surface area contributed by atoms with Gasteiger partial charge in [-0.2, -0.15) is 0 Å². The lowest BCUT2D eigenvalue weighted by molar-refractivity contribution is -0.135. The van der Waals surface area contributed by atoms with E-state index >= 15 is 0 Å². The van der Waals surface area contributed by atoms with Crippen LogP contribution in [0.3, 0.4) is 0 Å². The molecule has 0 N–H and O–H groups in total. The fraction of sp³-hybridized carbons (Fsp3) is 0.611. The van der Waals surface area contributed by atoms with E-state index in [2.05, 4.69) is 4.90 Å². The van der Waals surface area contributed by atoms with Gasteiger partial charge in [-0.1, -0.05) is 0 Å². The molecule has 0 bridgehead atoms. The Kier molecular flexibility index (Phi) is 4.88. The molecule has 4 nitrogen and oxygen atoms in total. The van der Waals surface area contributed by atoms with Crippen molar-refractivity contribution in [2.24, 2.45) is 5.41 Å². The van der Waals surface area contributed by atoms with Gasteiger partial charge < -0.3 is 9.64 Å². The molecule has 132 valence electrons. The largest absolute Gasteiger partial charge is 0.371 e. The molecule has 1 spiro atoms. The molecule has 0 aliphatic carbocycles. The lowest BCUT2D eigenvalue weighted by Gasteiger charge is -2.34. The third-order valence-electron chi connectivity index (χ3n) is 5.00. The Labute approximate surface area is 141 Å². The maximum Gasteiger partial charge on any atom is 0.248 e. The summed E-state index contributed by atoms with van der Waals surface area (Å²) < 4.78 is 32.8. The fourth-order valence-electron chi connectivity index (χ4n) is 3.72. The zero-order chi connectivity index (χ0) is 17.3. The summed E-state index contributed by atoms with van der Waals surface area (Å²) in [4.78, 5) is 16.1. The van der Waals surface area contributed by atoms with Gasteiger partial charge in [0.2, 0.25) is 5.91 Å². The molecule has 0 aromatic heterocycles. The minimum absolute atomic E-state index is 0.0245. The van der Waals surface area contributed by atoms with Gasteiger partial charge in [0.1, 0.15) is 18.2 Å². The maximum atomic E-state index is 13.9. The van der Waals surface area contributed by atoms with Gasteiger partial charge in [-0.05, 0) is 45.0 Å². The Morgan fingerprint density at radius 1 is 1.29 bits per heavy atom. The van der Waals surface area contributed by atoms with Crippen LogP contribution in [0.1, 0.15) is 25.8 Å². The number of nitrogens with zero attached hydrogens (tertiary/aromatic N) is 2. The summed E-state index contributed by atoms with van der Waals surface area (Å²) in [6.07, 6.45) is 0.889. The number of likely N-dealkylation sites (tertiary alicyclic amines) is 1. The van der Waals surface area contributed by atoms with E-state index in [9.17, 15) is 13.6 Å². The zero-order valence-corrected chi connectivity index (χ0v) is 14.2. The summed E-state index contributed by atoms with van der Waals surface area (Å²) in [6.45, 7) is 7.21. The van der Waals surface area contributed by atoms with E-state index in [0.717, 1.165) is 25.6 Å². The van der Waals surface area contributed by atoms with Gasteiger partial charge in [0.15, 0.2) is 0 Å². The predicted molar refractivity (Wildman–Crippen MR) is 86.4 cm³/mol. The minimum Gasteiger partial charge on any atom is -0.371 e. The van der Waals surface area contributed by atoms with Crippen molar-refractivity contribution in [1.82, 2.24) is 9.80 Å². The summed E-state index contributed by atoms with van der Waals surface area (Å²) in [5, 5.41) is 0. The Bertz CT molecular complexity index is 623. The fourth-order valence-corrected chi connectivity index (χ4v) is 3.72. The number of hydrogen-bond donors (Lipinski definition) is 0. The number of amides is 1. The third-order valence-corrected chi connectivity index (χ3v) is 5.00. The van der Waals surface area contributed by atoms with E-state index in [1.807, 2.05) is 18.7 Å². The SMILES string of the molecule is CC(C)N1CC2(CCN(Cc3cc(F)ccc3F)C2)COCC1=O. The third kappa shape index (κ3) is 3.59. The van der Waals surface area contributed by atoms with E-state index < -0.39 is 5.82 Å². The molecule has 3 rings (SSSR count). The normalized spacial score (nSPS) is 25.7. The molecular weight excluding hydrogens is 314 g/mol. The Morgan fingerprint density at radius 3 is 2.83 bits per heavy atom. The van der Waals surface area contributed by atoms with E-state index in [4.69, 9.17) is 4.74 Å². The van der Waals surface area contributed by atoms with Crippen LogP contribution >= 0.6 is 0 Å². The molecule has 2 fully saturated rings. The molecule has 24 heavy (non-hydrogen) atoms. The van der Waals surface area contributed by atoms with Gasteiger partial charge in [-0.25, -0.2) is 8.78 Å². The van der Waals surface area contributed by atoms with Crippen molar-refractivity contribution in [2.45, 2.75) is 32.9 Å². The second-order valence-corrected chi connectivity index (χ2v) is 7.30.